The van der Waals surface area contributed by atoms with E-state index in [1.54, 1.807) is 0 Å². The number of nitrogens with one attached hydrogen (secondary N) is 1. The summed E-state index contributed by atoms with van der Waals surface area (Å²) < 4.78 is 5.30. The van der Waals surface area contributed by atoms with E-state index in [4.69, 9.17) is 4.74 Å². The van der Waals surface area contributed by atoms with Crippen LogP contribution in [-0.2, 0) is 11.3 Å². The van der Waals surface area contributed by atoms with Gasteiger partial charge >= 0.3 is 0 Å². The van der Waals surface area contributed by atoms with E-state index in [0.29, 0.717) is 0 Å². The molecule has 1 rings (SSSR count). The molecular weight excluding hydrogens is 238 g/mol. The van der Waals surface area contributed by atoms with Crippen LogP contribution in [0.15, 0.2) is 24.5 Å². The Hall–Kier alpha value is -0.970. The fourth-order valence-electron chi connectivity index (χ4n) is 1.90. The first-order valence-electron chi connectivity index (χ1n) is 7.26. The highest BCUT2D eigenvalue weighted by molar-refractivity contribution is 5.09. The van der Waals surface area contributed by atoms with E-state index < -0.39 is 0 Å². The van der Waals surface area contributed by atoms with Gasteiger partial charge in [0.25, 0.3) is 0 Å². The molecule has 0 unspecified atom stereocenters. The van der Waals surface area contributed by atoms with Crippen molar-refractivity contribution in [1.82, 2.24) is 15.2 Å². The molecule has 0 saturated heterocycles. The lowest BCUT2D eigenvalue weighted by molar-refractivity contribution is 0.144. The van der Waals surface area contributed by atoms with Gasteiger partial charge in [-0.3, -0.25) is 9.88 Å². The fourth-order valence-corrected chi connectivity index (χ4v) is 1.90. The molecule has 0 fully saturated rings. The smallest absolute Gasteiger partial charge is 0.0477 e. The van der Waals surface area contributed by atoms with Crippen molar-refractivity contribution in [3.63, 3.8) is 0 Å². The SMILES string of the molecule is CCOCCCNCCN(CC)Cc1ccncc1. The van der Waals surface area contributed by atoms with Crippen LogP contribution in [0.3, 0.4) is 0 Å². The summed E-state index contributed by atoms with van der Waals surface area (Å²) in [6.07, 6.45) is 4.80. The van der Waals surface area contributed by atoms with Crippen LogP contribution in [0.25, 0.3) is 0 Å². The Labute approximate surface area is 117 Å². The number of nitrogens with zero attached hydrogens (tertiary/aromatic N) is 2. The quantitative estimate of drug-likeness (QED) is 0.620. The third kappa shape index (κ3) is 7.93. The molecule has 4 heteroatoms. The molecule has 4 nitrogen and oxygen atoms in total. The summed E-state index contributed by atoms with van der Waals surface area (Å²) >= 11 is 0. The van der Waals surface area contributed by atoms with Crippen LogP contribution in [0.5, 0.6) is 0 Å². The average Bonchev–Trinajstić information content (AvgIpc) is 2.46. The molecule has 1 aromatic rings. The summed E-state index contributed by atoms with van der Waals surface area (Å²) in [5.41, 5.74) is 1.33. The molecule has 1 aromatic heterocycles. The van der Waals surface area contributed by atoms with E-state index in [0.717, 1.165) is 52.4 Å². The van der Waals surface area contributed by atoms with Crippen molar-refractivity contribution in [1.29, 1.82) is 0 Å². The van der Waals surface area contributed by atoms with Gasteiger partial charge in [0, 0.05) is 45.2 Å². The third-order valence-electron chi connectivity index (χ3n) is 3.05. The van der Waals surface area contributed by atoms with Crippen LogP contribution in [0.4, 0.5) is 0 Å². The second-order valence-corrected chi connectivity index (χ2v) is 4.52. The molecule has 0 aromatic carbocycles. The van der Waals surface area contributed by atoms with E-state index in [1.165, 1.54) is 5.56 Å². The van der Waals surface area contributed by atoms with Crippen molar-refractivity contribution in [2.45, 2.75) is 26.8 Å². The first-order chi connectivity index (χ1) is 9.36. The second kappa shape index (κ2) is 10.9. The number of likely N-dealkylation sites (N-methyl/N-ethyl adjacent to an activating group) is 1. The molecule has 19 heavy (non-hydrogen) atoms. The van der Waals surface area contributed by atoms with Gasteiger partial charge in [0.05, 0.1) is 0 Å². The molecule has 0 saturated carbocycles. The van der Waals surface area contributed by atoms with Gasteiger partial charge in [0.2, 0.25) is 0 Å². The van der Waals surface area contributed by atoms with Crippen molar-refractivity contribution in [2.24, 2.45) is 0 Å². The maximum Gasteiger partial charge on any atom is 0.0477 e. The van der Waals surface area contributed by atoms with Gasteiger partial charge < -0.3 is 10.1 Å². The molecule has 1 N–H and O–H groups in total. The summed E-state index contributed by atoms with van der Waals surface area (Å²) in [7, 11) is 0. The Bertz CT molecular complexity index is 306. The number of rotatable bonds is 11. The predicted octanol–water partition coefficient (Wildman–Crippen LogP) is 1.92. The zero-order valence-electron chi connectivity index (χ0n) is 12.3. The lowest BCUT2D eigenvalue weighted by atomic mass is 10.2. The van der Waals surface area contributed by atoms with Crippen molar-refractivity contribution < 1.29 is 4.74 Å². The van der Waals surface area contributed by atoms with Crippen LogP contribution in [-0.4, -0.2) is 49.3 Å². The minimum absolute atomic E-state index is 0.815. The van der Waals surface area contributed by atoms with Gasteiger partial charge in [-0.15, -0.1) is 0 Å². The first kappa shape index (κ1) is 16.1. The first-order valence-corrected chi connectivity index (χ1v) is 7.26. The van der Waals surface area contributed by atoms with E-state index in [9.17, 15) is 0 Å². The minimum Gasteiger partial charge on any atom is -0.382 e. The van der Waals surface area contributed by atoms with Gasteiger partial charge in [-0.2, -0.15) is 0 Å². The van der Waals surface area contributed by atoms with Crippen LogP contribution in [0.2, 0.25) is 0 Å². The molecule has 0 aliphatic carbocycles. The summed E-state index contributed by atoms with van der Waals surface area (Å²) in [6.45, 7) is 11.1. The zero-order valence-corrected chi connectivity index (χ0v) is 12.3. The lowest BCUT2D eigenvalue weighted by Gasteiger charge is -2.20. The minimum atomic E-state index is 0.815. The third-order valence-corrected chi connectivity index (χ3v) is 3.05. The largest absolute Gasteiger partial charge is 0.382 e. The number of ether oxygens (including phenoxy) is 1. The van der Waals surface area contributed by atoms with Crippen LogP contribution >= 0.6 is 0 Å². The maximum atomic E-state index is 5.30. The second-order valence-electron chi connectivity index (χ2n) is 4.52. The van der Waals surface area contributed by atoms with E-state index in [-0.39, 0.29) is 0 Å². The van der Waals surface area contributed by atoms with Crippen LogP contribution in [0.1, 0.15) is 25.8 Å². The van der Waals surface area contributed by atoms with Gasteiger partial charge in [-0.05, 0) is 44.1 Å². The Morgan fingerprint density at radius 2 is 2.00 bits per heavy atom. The lowest BCUT2D eigenvalue weighted by Crippen LogP contribution is -2.32. The van der Waals surface area contributed by atoms with Crippen molar-refractivity contribution >= 4 is 0 Å². The highest BCUT2D eigenvalue weighted by atomic mass is 16.5. The Morgan fingerprint density at radius 1 is 1.21 bits per heavy atom. The molecule has 108 valence electrons. The molecule has 0 bridgehead atoms. The number of pyridine rings is 1. The number of aromatic nitrogens is 1. The van der Waals surface area contributed by atoms with Gasteiger partial charge in [0.1, 0.15) is 0 Å². The molecule has 0 amide bonds. The maximum absolute atomic E-state index is 5.30. The van der Waals surface area contributed by atoms with Crippen molar-refractivity contribution in [3.05, 3.63) is 30.1 Å². The Kier molecular flexibility index (Phi) is 9.23. The normalized spacial score (nSPS) is 11.1. The van der Waals surface area contributed by atoms with E-state index in [2.05, 4.69) is 34.3 Å². The highest BCUT2D eigenvalue weighted by Gasteiger charge is 2.02. The molecule has 0 atom stereocenters. The fraction of sp³-hybridized carbons (Fsp3) is 0.667. The average molecular weight is 265 g/mol. The highest BCUT2D eigenvalue weighted by Crippen LogP contribution is 2.01. The topological polar surface area (TPSA) is 37.4 Å². The summed E-state index contributed by atoms with van der Waals surface area (Å²) in [6, 6.07) is 4.16. The molecule has 0 radical (unpaired) electrons. The molecule has 0 aliphatic rings. The van der Waals surface area contributed by atoms with Gasteiger partial charge in [0.15, 0.2) is 0 Å². The van der Waals surface area contributed by atoms with Crippen molar-refractivity contribution in [2.75, 3.05) is 39.4 Å². The van der Waals surface area contributed by atoms with Crippen molar-refractivity contribution in [3.8, 4) is 0 Å². The molecule has 0 aliphatic heterocycles. The number of hydrogen-bond donors (Lipinski definition) is 1. The standard InChI is InChI=1S/C15H27N3O/c1-3-18(14-15-6-9-17-10-7-15)12-11-16-8-5-13-19-4-2/h6-7,9-10,16H,3-5,8,11-14H2,1-2H3. The molecular formula is C15H27N3O. The molecule has 0 spiro atoms. The van der Waals surface area contributed by atoms with Gasteiger partial charge in [-0.1, -0.05) is 6.92 Å². The zero-order chi connectivity index (χ0) is 13.8. The van der Waals surface area contributed by atoms with Crippen LogP contribution in [0, 0.1) is 0 Å². The Morgan fingerprint density at radius 3 is 2.68 bits per heavy atom. The van der Waals surface area contributed by atoms with E-state index >= 15 is 0 Å². The van der Waals surface area contributed by atoms with E-state index in [1.807, 2.05) is 19.3 Å². The summed E-state index contributed by atoms with van der Waals surface area (Å²) in [5, 5.41) is 3.46. The Balaban J connectivity index is 2.09. The predicted molar refractivity (Wildman–Crippen MR) is 79.2 cm³/mol. The summed E-state index contributed by atoms with van der Waals surface area (Å²) in [4.78, 5) is 6.48. The summed E-state index contributed by atoms with van der Waals surface area (Å²) in [5.74, 6) is 0. The van der Waals surface area contributed by atoms with Gasteiger partial charge in [-0.25, -0.2) is 0 Å². The van der Waals surface area contributed by atoms with Crippen LogP contribution < -0.4 is 5.32 Å². The monoisotopic (exact) mass is 265 g/mol. The number of hydrogen-bond acceptors (Lipinski definition) is 4. The molecule has 1 heterocycles.